The summed E-state index contributed by atoms with van der Waals surface area (Å²) in [5.41, 5.74) is 1.85. The highest BCUT2D eigenvalue weighted by Crippen LogP contribution is 2.41. The third-order valence-electron chi connectivity index (χ3n) is 6.27. The van der Waals surface area contributed by atoms with Crippen LogP contribution in [0, 0.1) is 5.92 Å². The van der Waals surface area contributed by atoms with Crippen LogP contribution in [0.3, 0.4) is 0 Å². The maximum atomic E-state index is 13.6. The lowest BCUT2D eigenvalue weighted by Gasteiger charge is -2.27. The molecule has 1 atom stereocenters. The zero-order valence-corrected chi connectivity index (χ0v) is 20.5. The molecular formula is C30H27NO6. The van der Waals surface area contributed by atoms with Crippen molar-refractivity contribution in [2.75, 3.05) is 6.61 Å². The van der Waals surface area contributed by atoms with Gasteiger partial charge in [0.15, 0.2) is 11.5 Å². The summed E-state index contributed by atoms with van der Waals surface area (Å²) in [5.74, 6) is -0.632. The lowest BCUT2D eigenvalue weighted by Crippen LogP contribution is -2.30. The SMILES string of the molecule is CC(C)COc1ccc(CN2C(=O)C(O)=C(C(=O)c3cc4ccccc4o3)C2c2ccc(O)cc2)cc1. The number of fused-ring (bicyclic) bond motifs is 1. The molecular weight excluding hydrogens is 470 g/mol. The number of furan rings is 1. The van der Waals surface area contributed by atoms with Crippen LogP contribution >= 0.6 is 0 Å². The van der Waals surface area contributed by atoms with Crippen molar-refractivity contribution >= 4 is 22.7 Å². The molecule has 0 saturated carbocycles. The van der Waals surface area contributed by atoms with E-state index in [1.54, 1.807) is 30.3 Å². The summed E-state index contributed by atoms with van der Waals surface area (Å²) in [5, 5.41) is 21.5. The summed E-state index contributed by atoms with van der Waals surface area (Å²) < 4.78 is 11.5. The summed E-state index contributed by atoms with van der Waals surface area (Å²) in [4.78, 5) is 28.4. The standard InChI is InChI=1S/C30H27NO6/c1-18(2)17-36-23-13-7-19(8-14-23)16-31-27(20-9-11-22(32)12-10-20)26(29(34)30(31)35)28(33)25-15-21-5-3-4-6-24(21)37-25/h3-15,18,27,32,34H,16-17H2,1-2H3. The molecule has 0 saturated heterocycles. The van der Waals surface area contributed by atoms with Gasteiger partial charge in [0.25, 0.3) is 5.91 Å². The highest BCUT2D eigenvalue weighted by molar-refractivity contribution is 6.16. The van der Waals surface area contributed by atoms with E-state index >= 15 is 0 Å². The van der Waals surface area contributed by atoms with Gasteiger partial charge in [-0.1, -0.05) is 56.3 Å². The minimum absolute atomic E-state index is 0.0350. The van der Waals surface area contributed by atoms with E-state index in [0.29, 0.717) is 23.7 Å². The van der Waals surface area contributed by atoms with Gasteiger partial charge in [-0.3, -0.25) is 9.59 Å². The molecule has 2 N–H and O–H groups in total. The molecule has 0 fully saturated rings. The molecule has 1 aliphatic rings. The predicted octanol–water partition coefficient (Wildman–Crippen LogP) is 5.95. The number of ketones is 1. The number of para-hydroxylation sites is 1. The summed E-state index contributed by atoms with van der Waals surface area (Å²) in [6, 6.07) is 21.6. The van der Waals surface area contributed by atoms with Gasteiger partial charge in [0.05, 0.1) is 18.2 Å². The van der Waals surface area contributed by atoms with Crippen LogP contribution in [0.25, 0.3) is 11.0 Å². The third kappa shape index (κ3) is 4.80. The van der Waals surface area contributed by atoms with Crippen LogP contribution in [0.5, 0.6) is 11.5 Å². The van der Waals surface area contributed by atoms with Crippen molar-refractivity contribution in [2.24, 2.45) is 5.92 Å². The average Bonchev–Trinajstić information content (AvgIpc) is 3.43. The number of amides is 1. The number of carbonyl (C=O) groups excluding carboxylic acids is 2. The quantitative estimate of drug-likeness (QED) is 0.292. The van der Waals surface area contributed by atoms with Crippen molar-refractivity contribution in [3.05, 3.63) is 107 Å². The molecule has 1 aromatic heterocycles. The van der Waals surface area contributed by atoms with Crippen molar-refractivity contribution < 1.29 is 29.0 Å². The molecule has 7 nitrogen and oxygen atoms in total. The number of aromatic hydroxyl groups is 1. The van der Waals surface area contributed by atoms with E-state index in [2.05, 4.69) is 13.8 Å². The summed E-state index contributed by atoms with van der Waals surface area (Å²) in [6.07, 6.45) is 0. The van der Waals surface area contributed by atoms with Gasteiger partial charge in [-0.25, -0.2) is 0 Å². The number of ether oxygens (including phenoxy) is 1. The molecule has 7 heteroatoms. The Morgan fingerprint density at radius 1 is 1.00 bits per heavy atom. The normalized spacial score (nSPS) is 15.7. The third-order valence-corrected chi connectivity index (χ3v) is 6.27. The molecule has 5 rings (SSSR count). The zero-order chi connectivity index (χ0) is 26.1. The van der Waals surface area contributed by atoms with Crippen LogP contribution in [0.2, 0.25) is 0 Å². The predicted molar refractivity (Wildman–Crippen MR) is 138 cm³/mol. The molecule has 188 valence electrons. The van der Waals surface area contributed by atoms with Crippen LogP contribution in [0.1, 0.15) is 41.6 Å². The molecule has 2 heterocycles. The number of Topliss-reactive ketones (excluding diaryl/α,β-unsaturated/α-hetero) is 1. The second-order valence-electron chi connectivity index (χ2n) is 9.52. The van der Waals surface area contributed by atoms with E-state index in [4.69, 9.17) is 9.15 Å². The zero-order valence-electron chi connectivity index (χ0n) is 20.5. The molecule has 4 aromatic rings. The van der Waals surface area contributed by atoms with E-state index in [0.717, 1.165) is 16.7 Å². The average molecular weight is 498 g/mol. The Kier molecular flexibility index (Phi) is 6.44. The highest BCUT2D eigenvalue weighted by Gasteiger charge is 2.44. The smallest absolute Gasteiger partial charge is 0.290 e. The van der Waals surface area contributed by atoms with Crippen molar-refractivity contribution in [2.45, 2.75) is 26.4 Å². The fourth-order valence-electron chi connectivity index (χ4n) is 4.43. The van der Waals surface area contributed by atoms with Crippen LogP contribution in [0.15, 0.2) is 94.6 Å². The number of carbonyl (C=O) groups is 2. The molecule has 37 heavy (non-hydrogen) atoms. The molecule has 0 spiro atoms. The summed E-state index contributed by atoms with van der Waals surface area (Å²) in [7, 11) is 0. The Morgan fingerprint density at radius 3 is 2.38 bits per heavy atom. The fourth-order valence-corrected chi connectivity index (χ4v) is 4.43. The fraction of sp³-hybridized carbons (Fsp3) is 0.200. The van der Waals surface area contributed by atoms with Crippen LogP contribution in [0.4, 0.5) is 0 Å². The number of aliphatic hydroxyl groups is 1. The Balaban J connectivity index is 1.49. The molecule has 0 bridgehead atoms. The first kappa shape index (κ1) is 24.2. The van der Waals surface area contributed by atoms with Gasteiger partial charge in [-0.2, -0.15) is 0 Å². The summed E-state index contributed by atoms with van der Waals surface area (Å²) >= 11 is 0. The van der Waals surface area contributed by atoms with E-state index in [-0.39, 0.29) is 23.6 Å². The van der Waals surface area contributed by atoms with Gasteiger partial charge in [0, 0.05) is 11.9 Å². The Labute approximate surface area is 214 Å². The number of benzene rings is 3. The molecule has 1 amide bonds. The first-order valence-electron chi connectivity index (χ1n) is 12.1. The topological polar surface area (TPSA) is 100 Å². The van der Waals surface area contributed by atoms with Crippen molar-refractivity contribution in [1.29, 1.82) is 0 Å². The number of nitrogens with zero attached hydrogens (tertiary/aromatic N) is 1. The number of hydrogen-bond acceptors (Lipinski definition) is 6. The second kappa shape index (κ2) is 9.85. The van der Waals surface area contributed by atoms with E-state index in [1.807, 2.05) is 36.4 Å². The number of phenolic OH excluding ortho intramolecular Hbond substituents is 1. The monoisotopic (exact) mass is 497 g/mol. The highest BCUT2D eigenvalue weighted by atomic mass is 16.5. The Morgan fingerprint density at radius 2 is 1.70 bits per heavy atom. The molecule has 3 aromatic carbocycles. The largest absolute Gasteiger partial charge is 0.508 e. The second-order valence-corrected chi connectivity index (χ2v) is 9.52. The lowest BCUT2D eigenvalue weighted by molar-refractivity contribution is -0.130. The number of hydrogen-bond donors (Lipinski definition) is 2. The number of phenols is 1. The maximum absolute atomic E-state index is 13.6. The minimum atomic E-state index is -0.870. The van der Waals surface area contributed by atoms with Crippen molar-refractivity contribution in [1.82, 2.24) is 4.90 Å². The van der Waals surface area contributed by atoms with Crippen LogP contribution < -0.4 is 4.74 Å². The first-order chi connectivity index (χ1) is 17.8. The Bertz CT molecular complexity index is 1450. The van der Waals surface area contributed by atoms with E-state index in [1.165, 1.54) is 17.0 Å². The van der Waals surface area contributed by atoms with Gasteiger partial charge in [-0.15, -0.1) is 0 Å². The van der Waals surface area contributed by atoms with Crippen molar-refractivity contribution in [3.8, 4) is 11.5 Å². The Hall–Kier alpha value is -4.52. The minimum Gasteiger partial charge on any atom is -0.508 e. The van der Waals surface area contributed by atoms with Gasteiger partial charge in [0.2, 0.25) is 5.78 Å². The molecule has 0 radical (unpaired) electrons. The van der Waals surface area contributed by atoms with E-state index < -0.39 is 23.5 Å². The van der Waals surface area contributed by atoms with Crippen molar-refractivity contribution in [3.63, 3.8) is 0 Å². The van der Waals surface area contributed by atoms with Gasteiger partial charge in [0.1, 0.15) is 17.1 Å². The first-order valence-corrected chi connectivity index (χ1v) is 12.1. The maximum Gasteiger partial charge on any atom is 0.290 e. The number of aliphatic hydroxyl groups excluding tert-OH is 1. The summed E-state index contributed by atoms with van der Waals surface area (Å²) in [6.45, 7) is 4.88. The number of rotatable bonds is 8. The van der Waals surface area contributed by atoms with Gasteiger partial charge in [-0.05, 0) is 53.4 Å². The van der Waals surface area contributed by atoms with E-state index in [9.17, 15) is 19.8 Å². The molecule has 1 aliphatic heterocycles. The lowest BCUT2D eigenvalue weighted by atomic mass is 9.94. The van der Waals surface area contributed by atoms with Crippen LogP contribution in [-0.2, 0) is 11.3 Å². The molecule has 1 unspecified atom stereocenters. The molecule has 0 aliphatic carbocycles. The van der Waals surface area contributed by atoms with Crippen LogP contribution in [-0.4, -0.2) is 33.4 Å². The van der Waals surface area contributed by atoms with Gasteiger partial charge < -0.3 is 24.3 Å². The van der Waals surface area contributed by atoms with Gasteiger partial charge >= 0.3 is 0 Å².